The van der Waals surface area contributed by atoms with Crippen LogP contribution in [0.15, 0.2) is 45.9 Å². The van der Waals surface area contributed by atoms with Crippen molar-refractivity contribution in [3.63, 3.8) is 0 Å². The van der Waals surface area contributed by atoms with E-state index in [9.17, 15) is 12.8 Å². The third-order valence-electron chi connectivity index (χ3n) is 2.79. The van der Waals surface area contributed by atoms with E-state index >= 15 is 0 Å². The minimum Gasteiger partial charge on any atom is -0.468 e. The van der Waals surface area contributed by atoms with Crippen LogP contribution in [0.5, 0.6) is 0 Å². The maximum Gasteiger partial charge on any atom is 0.241 e. The summed E-state index contributed by atoms with van der Waals surface area (Å²) < 4.78 is 45.2. The van der Waals surface area contributed by atoms with Crippen LogP contribution in [-0.2, 0) is 16.6 Å². The molecule has 5 nitrogen and oxygen atoms in total. The lowest BCUT2D eigenvalue weighted by Gasteiger charge is -2.14. The fourth-order valence-corrected chi connectivity index (χ4v) is 3.26. The average molecular weight is 299 g/mol. The number of aliphatic hydroxyl groups excluding tert-OH is 1. The molecule has 1 atom stereocenters. The molecule has 0 radical (unpaired) electrons. The van der Waals surface area contributed by atoms with Gasteiger partial charge in [0.05, 0.1) is 23.8 Å². The van der Waals surface area contributed by atoms with Crippen molar-refractivity contribution >= 4 is 10.0 Å². The number of hydrogen-bond acceptors (Lipinski definition) is 4. The molecule has 1 aromatic heterocycles. The van der Waals surface area contributed by atoms with E-state index in [4.69, 9.17) is 9.52 Å². The second-order valence-corrected chi connectivity index (χ2v) is 5.95. The third kappa shape index (κ3) is 3.06. The number of benzene rings is 1. The van der Waals surface area contributed by atoms with E-state index in [1.807, 2.05) is 0 Å². The highest BCUT2D eigenvalue weighted by Gasteiger charge is 2.23. The second kappa shape index (κ2) is 5.74. The average Bonchev–Trinajstić information content (AvgIpc) is 2.92. The first-order valence-electron chi connectivity index (χ1n) is 5.89. The minimum absolute atomic E-state index is 0.130. The maximum atomic E-state index is 13.2. The first-order valence-corrected chi connectivity index (χ1v) is 7.37. The van der Waals surface area contributed by atoms with Crippen molar-refractivity contribution in [3.05, 3.63) is 53.7 Å². The Morgan fingerprint density at radius 1 is 1.40 bits per heavy atom. The molecular formula is C13H14FNO4S. The molecule has 0 fully saturated rings. The van der Waals surface area contributed by atoms with Crippen LogP contribution < -0.4 is 4.72 Å². The van der Waals surface area contributed by atoms with Gasteiger partial charge in [0.25, 0.3) is 0 Å². The van der Waals surface area contributed by atoms with Gasteiger partial charge in [0.15, 0.2) is 0 Å². The van der Waals surface area contributed by atoms with Crippen LogP contribution in [0.25, 0.3) is 0 Å². The van der Waals surface area contributed by atoms with Crippen LogP contribution in [0, 0.1) is 5.82 Å². The summed E-state index contributed by atoms with van der Waals surface area (Å²) in [4.78, 5) is -0.279. The van der Waals surface area contributed by atoms with Gasteiger partial charge in [-0.1, -0.05) is 6.07 Å². The molecule has 0 amide bonds. The summed E-state index contributed by atoms with van der Waals surface area (Å²) in [6, 6.07) is 5.88. The Morgan fingerprint density at radius 3 is 2.75 bits per heavy atom. The molecule has 0 spiro atoms. The summed E-state index contributed by atoms with van der Waals surface area (Å²) in [5.74, 6) is -0.247. The summed E-state index contributed by atoms with van der Waals surface area (Å²) in [5, 5.41) is 9.16. The first kappa shape index (κ1) is 14.7. The molecule has 0 aliphatic heterocycles. The summed E-state index contributed by atoms with van der Waals surface area (Å²) in [7, 11) is -3.96. The number of furan rings is 1. The predicted octanol–water partition coefficient (Wildman–Crippen LogP) is 1.95. The van der Waals surface area contributed by atoms with Crippen molar-refractivity contribution in [1.82, 2.24) is 4.72 Å². The van der Waals surface area contributed by atoms with Crippen LogP contribution in [0.3, 0.4) is 0 Å². The largest absolute Gasteiger partial charge is 0.468 e. The van der Waals surface area contributed by atoms with Crippen molar-refractivity contribution in [3.8, 4) is 0 Å². The summed E-state index contributed by atoms with van der Waals surface area (Å²) in [6.45, 7) is 1.11. The van der Waals surface area contributed by atoms with Gasteiger partial charge in [0.2, 0.25) is 10.0 Å². The topological polar surface area (TPSA) is 79.5 Å². The van der Waals surface area contributed by atoms with Crippen LogP contribution in [-0.4, -0.2) is 13.5 Å². The van der Waals surface area contributed by atoms with Crippen LogP contribution >= 0.6 is 0 Å². The van der Waals surface area contributed by atoms with E-state index in [1.54, 1.807) is 19.1 Å². The zero-order valence-corrected chi connectivity index (χ0v) is 11.5. The van der Waals surface area contributed by atoms with Crippen LogP contribution in [0.1, 0.15) is 24.3 Å². The molecule has 1 unspecified atom stereocenters. The molecule has 0 aliphatic rings. The van der Waals surface area contributed by atoms with Gasteiger partial charge in [0, 0.05) is 0 Å². The Hall–Kier alpha value is -1.70. The van der Waals surface area contributed by atoms with E-state index in [0.29, 0.717) is 5.76 Å². The van der Waals surface area contributed by atoms with E-state index in [0.717, 1.165) is 12.1 Å². The highest BCUT2D eigenvalue weighted by atomic mass is 32.2. The van der Waals surface area contributed by atoms with Gasteiger partial charge in [-0.3, -0.25) is 0 Å². The molecule has 108 valence electrons. The minimum atomic E-state index is -3.96. The summed E-state index contributed by atoms with van der Waals surface area (Å²) in [6.07, 6.45) is 1.43. The van der Waals surface area contributed by atoms with Crippen molar-refractivity contribution in [2.75, 3.05) is 0 Å². The molecule has 0 saturated heterocycles. The highest BCUT2D eigenvalue weighted by molar-refractivity contribution is 7.89. The Labute approximate surface area is 116 Å². The van der Waals surface area contributed by atoms with Gasteiger partial charge in [-0.2, -0.15) is 0 Å². The molecule has 0 bridgehead atoms. The predicted molar refractivity (Wildman–Crippen MR) is 69.8 cm³/mol. The molecule has 1 aromatic carbocycles. The maximum absolute atomic E-state index is 13.2. The number of hydrogen-bond donors (Lipinski definition) is 2. The molecule has 0 saturated carbocycles. The molecule has 0 aliphatic carbocycles. The quantitative estimate of drug-likeness (QED) is 0.884. The van der Waals surface area contributed by atoms with Crippen LogP contribution in [0.4, 0.5) is 4.39 Å². The monoisotopic (exact) mass is 299 g/mol. The summed E-state index contributed by atoms with van der Waals surface area (Å²) in [5.41, 5.74) is 0.130. The number of sulfonamides is 1. The molecule has 2 N–H and O–H groups in total. The number of halogens is 1. The Bertz CT molecular complexity index is 682. The molecule has 2 aromatic rings. The lowest BCUT2D eigenvalue weighted by molar-refractivity contribution is 0.278. The summed E-state index contributed by atoms with van der Waals surface area (Å²) >= 11 is 0. The molecule has 20 heavy (non-hydrogen) atoms. The lowest BCUT2D eigenvalue weighted by Crippen LogP contribution is -2.27. The normalized spacial score (nSPS) is 13.3. The van der Waals surface area contributed by atoms with E-state index in [1.165, 1.54) is 12.3 Å². The Balaban J connectivity index is 2.33. The van der Waals surface area contributed by atoms with Crippen molar-refractivity contribution in [1.29, 1.82) is 0 Å². The lowest BCUT2D eigenvalue weighted by atomic mass is 10.2. The van der Waals surface area contributed by atoms with E-state index < -0.39 is 28.5 Å². The Morgan fingerprint density at radius 2 is 2.15 bits per heavy atom. The standard InChI is InChI=1S/C13H14FNO4S/c1-9(12-3-2-6-19-12)15-20(17,18)13-7-11(14)5-4-10(13)8-16/h2-7,9,15-16H,8H2,1H3. The molecule has 1 heterocycles. The van der Waals surface area contributed by atoms with Gasteiger partial charge >= 0.3 is 0 Å². The van der Waals surface area contributed by atoms with Crippen molar-refractivity contribution in [2.24, 2.45) is 0 Å². The highest BCUT2D eigenvalue weighted by Crippen LogP contribution is 2.21. The van der Waals surface area contributed by atoms with Gasteiger partial charge in [-0.15, -0.1) is 0 Å². The fraction of sp³-hybridized carbons (Fsp3) is 0.231. The third-order valence-corrected chi connectivity index (χ3v) is 4.41. The van der Waals surface area contributed by atoms with Gasteiger partial charge in [0.1, 0.15) is 11.6 Å². The smallest absolute Gasteiger partial charge is 0.241 e. The fourth-order valence-electron chi connectivity index (χ4n) is 1.80. The second-order valence-electron chi connectivity index (χ2n) is 4.27. The zero-order chi connectivity index (χ0) is 14.8. The van der Waals surface area contributed by atoms with Gasteiger partial charge < -0.3 is 9.52 Å². The Kier molecular flexibility index (Phi) is 4.22. The van der Waals surface area contributed by atoms with Gasteiger partial charge in [-0.25, -0.2) is 17.5 Å². The molecular weight excluding hydrogens is 285 g/mol. The number of nitrogens with one attached hydrogen (secondary N) is 1. The molecule has 2 rings (SSSR count). The van der Waals surface area contributed by atoms with E-state index in [2.05, 4.69) is 4.72 Å². The SMILES string of the molecule is CC(NS(=O)(=O)c1cc(F)ccc1CO)c1ccco1. The molecule has 7 heteroatoms. The van der Waals surface area contributed by atoms with Gasteiger partial charge in [-0.05, 0) is 36.8 Å². The van der Waals surface area contributed by atoms with Crippen molar-refractivity contribution in [2.45, 2.75) is 24.5 Å². The first-order chi connectivity index (χ1) is 9.44. The van der Waals surface area contributed by atoms with Crippen LogP contribution in [0.2, 0.25) is 0 Å². The van der Waals surface area contributed by atoms with E-state index in [-0.39, 0.29) is 10.5 Å². The van der Waals surface area contributed by atoms with Crippen molar-refractivity contribution < 1.29 is 22.3 Å². The number of aliphatic hydroxyl groups is 1. The zero-order valence-electron chi connectivity index (χ0n) is 10.7. The number of rotatable bonds is 5.